The number of nitrogens with one attached hydrogen (secondary N) is 2. The Bertz CT molecular complexity index is 60.6. The minimum atomic E-state index is 0.580. The van der Waals surface area contributed by atoms with Crippen molar-refractivity contribution in [3.05, 3.63) is 0 Å². The normalized spacial score (nSPS) is 13.4. The summed E-state index contributed by atoms with van der Waals surface area (Å²) >= 11 is 0. The van der Waals surface area contributed by atoms with Crippen molar-refractivity contribution in [3.63, 3.8) is 0 Å². The first kappa shape index (κ1) is 9.98. The molecule has 2 radical (unpaired) electrons. The molecule has 1 unspecified atom stereocenters. The van der Waals surface area contributed by atoms with E-state index >= 15 is 0 Å². The van der Waals surface area contributed by atoms with E-state index < -0.39 is 0 Å². The summed E-state index contributed by atoms with van der Waals surface area (Å²) < 4.78 is 0. The van der Waals surface area contributed by atoms with Crippen molar-refractivity contribution in [2.75, 3.05) is 13.1 Å². The summed E-state index contributed by atoms with van der Waals surface area (Å²) in [6.07, 6.45) is 2.29. The average Bonchev–Trinajstić information content (AvgIpc) is 1.97. The highest BCUT2D eigenvalue weighted by atomic mass is 14.9. The molecule has 3 heteroatoms. The van der Waals surface area contributed by atoms with Crippen LogP contribution in [-0.2, 0) is 0 Å². The molecule has 0 fully saturated rings. The average molecular weight is 140 g/mol. The molecule has 0 aliphatic rings. The largest absolute Gasteiger partial charge is 0.366 e. The van der Waals surface area contributed by atoms with Crippen LogP contribution in [0.2, 0.25) is 0 Å². The fourth-order valence-electron chi connectivity index (χ4n) is 0.793. The molecule has 0 aliphatic carbocycles. The van der Waals surface area contributed by atoms with E-state index in [1.165, 1.54) is 6.42 Å². The Morgan fingerprint density at radius 1 is 1.40 bits per heavy atom. The van der Waals surface area contributed by atoms with E-state index in [0.29, 0.717) is 6.04 Å². The Kier molecular flexibility index (Phi) is 7.09. The summed E-state index contributed by atoms with van der Waals surface area (Å²) in [5, 5.41) is 6.01. The smallest absolute Gasteiger partial charge is 0.177 e. The van der Waals surface area contributed by atoms with Gasteiger partial charge in [-0.1, -0.05) is 6.92 Å². The maximum atomic E-state index is 5.13. The van der Waals surface area contributed by atoms with Crippen molar-refractivity contribution in [1.29, 1.82) is 0 Å². The van der Waals surface area contributed by atoms with Crippen molar-refractivity contribution >= 4 is 7.98 Å². The van der Waals surface area contributed by atoms with Crippen molar-refractivity contribution in [2.24, 2.45) is 0 Å². The van der Waals surface area contributed by atoms with E-state index in [1.54, 1.807) is 0 Å². The number of hydrogen-bond donors (Lipinski definition) is 2. The summed E-state index contributed by atoms with van der Waals surface area (Å²) in [5.41, 5.74) is 0. The minimum Gasteiger partial charge on any atom is -0.366 e. The summed E-state index contributed by atoms with van der Waals surface area (Å²) in [6.45, 7) is 6.33. The SMILES string of the molecule is [B]NCCC(C)NCCC. The topological polar surface area (TPSA) is 24.1 Å². The molecule has 0 heterocycles. The summed E-state index contributed by atoms with van der Waals surface area (Å²) in [4.78, 5) is 0. The molecule has 0 aromatic rings. The lowest BCUT2D eigenvalue weighted by Crippen LogP contribution is -2.29. The molecule has 58 valence electrons. The Morgan fingerprint density at radius 2 is 2.10 bits per heavy atom. The van der Waals surface area contributed by atoms with E-state index in [-0.39, 0.29) is 0 Å². The van der Waals surface area contributed by atoms with Crippen LogP contribution in [0, 0.1) is 0 Å². The molecule has 0 spiro atoms. The molecule has 2 N–H and O–H groups in total. The van der Waals surface area contributed by atoms with Gasteiger partial charge < -0.3 is 10.5 Å². The van der Waals surface area contributed by atoms with E-state index in [2.05, 4.69) is 24.4 Å². The molecule has 0 aliphatic heterocycles. The summed E-state index contributed by atoms with van der Waals surface area (Å²) in [5.74, 6) is 0. The van der Waals surface area contributed by atoms with Crippen LogP contribution in [0.15, 0.2) is 0 Å². The van der Waals surface area contributed by atoms with Crippen LogP contribution in [0.3, 0.4) is 0 Å². The van der Waals surface area contributed by atoms with E-state index in [9.17, 15) is 0 Å². The lowest BCUT2D eigenvalue weighted by molar-refractivity contribution is 0.513. The van der Waals surface area contributed by atoms with Crippen LogP contribution in [-0.4, -0.2) is 27.1 Å². The second-order valence-corrected chi connectivity index (χ2v) is 2.60. The van der Waals surface area contributed by atoms with Gasteiger partial charge in [-0.05, 0) is 32.9 Å². The first-order valence-corrected chi connectivity index (χ1v) is 3.98. The third-order valence-electron chi connectivity index (χ3n) is 1.46. The molecule has 0 rings (SSSR count). The Labute approximate surface area is 65.2 Å². The maximum Gasteiger partial charge on any atom is 0.177 e. The van der Waals surface area contributed by atoms with E-state index in [1.807, 2.05) is 0 Å². The van der Waals surface area contributed by atoms with Crippen LogP contribution in [0.25, 0.3) is 0 Å². The van der Waals surface area contributed by atoms with Crippen molar-refractivity contribution in [1.82, 2.24) is 10.5 Å². The monoisotopic (exact) mass is 140 g/mol. The predicted octanol–water partition coefficient (Wildman–Crippen LogP) is 0.438. The van der Waals surface area contributed by atoms with Gasteiger partial charge in [0.1, 0.15) is 0 Å². The highest BCUT2D eigenvalue weighted by Crippen LogP contribution is 1.87. The summed E-state index contributed by atoms with van der Waals surface area (Å²) in [7, 11) is 5.13. The Morgan fingerprint density at radius 3 is 2.60 bits per heavy atom. The van der Waals surface area contributed by atoms with Crippen LogP contribution in [0.1, 0.15) is 26.7 Å². The van der Waals surface area contributed by atoms with Gasteiger partial charge >= 0.3 is 0 Å². The molecule has 0 saturated heterocycles. The zero-order valence-electron chi connectivity index (χ0n) is 6.98. The second kappa shape index (κ2) is 7.10. The van der Waals surface area contributed by atoms with Crippen molar-refractivity contribution in [2.45, 2.75) is 32.7 Å². The van der Waals surface area contributed by atoms with Gasteiger partial charge in [0.15, 0.2) is 7.98 Å². The third kappa shape index (κ3) is 6.11. The molecule has 10 heavy (non-hydrogen) atoms. The highest BCUT2D eigenvalue weighted by Gasteiger charge is 1.96. The Hall–Kier alpha value is -0.0151. The van der Waals surface area contributed by atoms with Crippen LogP contribution < -0.4 is 10.5 Å². The molecule has 0 saturated carbocycles. The van der Waals surface area contributed by atoms with Crippen molar-refractivity contribution < 1.29 is 0 Å². The number of rotatable bonds is 6. The summed E-state index contributed by atoms with van der Waals surface area (Å²) in [6, 6.07) is 0.580. The van der Waals surface area contributed by atoms with Gasteiger partial charge in [0.2, 0.25) is 0 Å². The molecule has 0 bridgehead atoms. The first-order valence-electron chi connectivity index (χ1n) is 3.98. The molecular formula is C7H17BN2. The van der Waals surface area contributed by atoms with Gasteiger partial charge in [-0.2, -0.15) is 0 Å². The van der Waals surface area contributed by atoms with Gasteiger partial charge in [-0.3, -0.25) is 0 Å². The Balaban J connectivity index is 3.00. The zero-order chi connectivity index (χ0) is 7.82. The van der Waals surface area contributed by atoms with Crippen LogP contribution in [0.5, 0.6) is 0 Å². The molecule has 0 amide bonds. The van der Waals surface area contributed by atoms with Crippen LogP contribution in [0.4, 0.5) is 0 Å². The van der Waals surface area contributed by atoms with Gasteiger partial charge in [-0.15, -0.1) is 0 Å². The predicted molar refractivity (Wildman–Crippen MR) is 46.1 cm³/mol. The fourth-order valence-corrected chi connectivity index (χ4v) is 0.793. The van der Waals surface area contributed by atoms with Gasteiger partial charge in [0.25, 0.3) is 0 Å². The lowest BCUT2D eigenvalue weighted by Gasteiger charge is -2.11. The minimum absolute atomic E-state index is 0.580. The van der Waals surface area contributed by atoms with Gasteiger partial charge in [0.05, 0.1) is 0 Å². The molecule has 1 atom stereocenters. The second-order valence-electron chi connectivity index (χ2n) is 2.60. The molecule has 0 aromatic heterocycles. The molecule has 2 nitrogen and oxygen atoms in total. The van der Waals surface area contributed by atoms with E-state index in [4.69, 9.17) is 7.98 Å². The fraction of sp³-hybridized carbons (Fsp3) is 1.00. The maximum absolute atomic E-state index is 5.13. The quantitative estimate of drug-likeness (QED) is 0.523. The lowest BCUT2D eigenvalue weighted by atomic mass is 10.2. The first-order chi connectivity index (χ1) is 4.81. The van der Waals surface area contributed by atoms with Gasteiger partial charge in [0, 0.05) is 6.04 Å². The van der Waals surface area contributed by atoms with Gasteiger partial charge in [-0.25, -0.2) is 0 Å². The standard InChI is InChI=1S/C7H17BN2/c1-3-5-9-7(2)4-6-10-8/h7,9-10H,3-6H2,1-2H3. The molecule has 0 aromatic carbocycles. The third-order valence-corrected chi connectivity index (χ3v) is 1.46. The highest BCUT2D eigenvalue weighted by molar-refractivity contribution is 6.04. The zero-order valence-corrected chi connectivity index (χ0v) is 6.98. The number of hydrogen-bond acceptors (Lipinski definition) is 2. The molecular weight excluding hydrogens is 123 g/mol. The van der Waals surface area contributed by atoms with Crippen molar-refractivity contribution in [3.8, 4) is 0 Å². The van der Waals surface area contributed by atoms with Crippen LogP contribution >= 0.6 is 0 Å². The van der Waals surface area contributed by atoms with E-state index in [0.717, 1.165) is 19.5 Å².